The van der Waals surface area contributed by atoms with E-state index in [1.807, 2.05) is 12.1 Å². The van der Waals surface area contributed by atoms with Gasteiger partial charge in [-0.05, 0) is 142 Å². The van der Waals surface area contributed by atoms with Crippen LogP contribution in [0.2, 0.25) is 0 Å². The highest BCUT2D eigenvalue weighted by Gasteiger charge is 2.38. The quantitative estimate of drug-likeness (QED) is 0.0922. The summed E-state index contributed by atoms with van der Waals surface area (Å²) in [5.41, 5.74) is 2.53. The summed E-state index contributed by atoms with van der Waals surface area (Å²) in [5.74, 6) is 1.05. The molecule has 0 aromatic heterocycles. The molecule has 5 N–H and O–H groups in total. The van der Waals surface area contributed by atoms with E-state index in [2.05, 4.69) is 60.6 Å². The number of ether oxygens (including phenoxy) is 4. The van der Waals surface area contributed by atoms with Crippen LogP contribution in [0.1, 0.15) is 213 Å². The van der Waals surface area contributed by atoms with E-state index in [-0.39, 0.29) is 72.3 Å². The summed E-state index contributed by atoms with van der Waals surface area (Å²) in [4.78, 5) is 47.5. The molecule has 6 aliphatic rings. The fourth-order valence-electron chi connectivity index (χ4n) is 12.0. The van der Waals surface area contributed by atoms with Crippen molar-refractivity contribution in [2.75, 3.05) is 19.8 Å². The van der Waals surface area contributed by atoms with Gasteiger partial charge in [0.15, 0.2) is 0 Å². The molecule has 1 aromatic carbocycles. The van der Waals surface area contributed by atoms with Crippen LogP contribution in [-0.4, -0.2) is 99.8 Å². The third-order valence-corrected chi connectivity index (χ3v) is 16.4. The first-order valence-electron chi connectivity index (χ1n) is 28.4. The van der Waals surface area contributed by atoms with Crippen molar-refractivity contribution in [3.63, 3.8) is 0 Å². The number of hydrogen-bond acceptors (Lipinski definition) is 13. The lowest BCUT2D eigenvalue weighted by Crippen LogP contribution is -2.38. The maximum absolute atomic E-state index is 12.2. The van der Waals surface area contributed by atoms with Crippen LogP contribution in [0.5, 0.6) is 0 Å². The Morgan fingerprint density at radius 2 is 1.00 bits per heavy atom. The molecule has 13 nitrogen and oxygen atoms in total. The van der Waals surface area contributed by atoms with Gasteiger partial charge in [0.1, 0.15) is 19.3 Å². The molecule has 0 spiro atoms. The predicted octanol–water partition coefficient (Wildman–Crippen LogP) is 10.3. The molecule has 1 aromatic rings. The SMILES string of the molecule is CC(C)C1CCC(COC(=O)C2CCCCC2O)CC1.CC(C)c1ccc(COC(=O)C2CCCCC2O)cc1.CC1CC(OC(=O)C2CCCCC2O)CC(C)(C)C1.O=C(OCCO)C1CCCCC1O. The minimum Gasteiger partial charge on any atom is -0.465 e. The lowest BCUT2D eigenvalue weighted by Gasteiger charge is -2.39. The summed E-state index contributed by atoms with van der Waals surface area (Å²) in [6, 6.07) is 8.15. The maximum atomic E-state index is 12.2. The van der Waals surface area contributed by atoms with Crippen molar-refractivity contribution in [2.24, 2.45) is 52.8 Å². The monoisotopic (exact) mass is 1010 g/mol. The Labute approximate surface area is 433 Å². The molecular weight excluding hydrogens is 917 g/mol. The van der Waals surface area contributed by atoms with Crippen LogP contribution in [0.15, 0.2) is 24.3 Å². The van der Waals surface area contributed by atoms with E-state index >= 15 is 0 Å². The van der Waals surface area contributed by atoms with Gasteiger partial charge in [-0.1, -0.05) is 124 Å². The maximum Gasteiger partial charge on any atom is 0.311 e. The molecule has 13 heteroatoms. The second-order valence-corrected chi connectivity index (χ2v) is 23.9. The van der Waals surface area contributed by atoms with Crippen molar-refractivity contribution >= 4 is 23.9 Å². The summed E-state index contributed by atoms with van der Waals surface area (Å²) in [6.45, 7) is 16.4. The highest BCUT2D eigenvalue weighted by Crippen LogP contribution is 2.41. The highest BCUT2D eigenvalue weighted by molar-refractivity contribution is 5.74. The van der Waals surface area contributed by atoms with E-state index in [1.54, 1.807) is 0 Å². The molecule has 10 atom stereocenters. The first-order valence-corrected chi connectivity index (χ1v) is 28.4. The Kier molecular flexibility index (Phi) is 27.1. The number of hydrogen-bond donors (Lipinski definition) is 5. The molecule has 0 aliphatic heterocycles. The first-order chi connectivity index (χ1) is 34.3. The number of esters is 4. The third-order valence-electron chi connectivity index (χ3n) is 16.4. The van der Waals surface area contributed by atoms with Gasteiger partial charge in [-0.15, -0.1) is 0 Å². The van der Waals surface area contributed by atoms with Crippen LogP contribution in [0.4, 0.5) is 0 Å². The van der Waals surface area contributed by atoms with Gasteiger partial charge in [-0.2, -0.15) is 0 Å². The fraction of sp³-hybridized carbons (Fsp3) is 0.831. The molecule has 0 heterocycles. The van der Waals surface area contributed by atoms with Gasteiger partial charge in [-0.25, -0.2) is 0 Å². The number of carbonyl (C=O) groups excluding carboxylic acids is 4. The molecule has 72 heavy (non-hydrogen) atoms. The molecule has 0 amide bonds. The molecule has 10 unspecified atom stereocenters. The summed E-state index contributed by atoms with van der Waals surface area (Å²) in [5, 5.41) is 47.5. The van der Waals surface area contributed by atoms with Crippen LogP contribution < -0.4 is 0 Å². The molecule has 6 saturated carbocycles. The van der Waals surface area contributed by atoms with Crippen LogP contribution in [0.25, 0.3) is 0 Å². The van der Waals surface area contributed by atoms with E-state index in [9.17, 15) is 39.6 Å². The first kappa shape index (κ1) is 61.4. The van der Waals surface area contributed by atoms with E-state index in [1.165, 1.54) is 37.7 Å². The zero-order chi connectivity index (χ0) is 52.8. The second-order valence-electron chi connectivity index (χ2n) is 23.9. The van der Waals surface area contributed by atoms with Crippen molar-refractivity contribution in [2.45, 2.75) is 239 Å². The molecule has 6 fully saturated rings. The average molecular weight is 1020 g/mol. The smallest absolute Gasteiger partial charge is 0.311 e. The molecule has 0 saturated heterocycles. The standard InChI is InChI=1S/C17H30O3.C17H24O3.C16H28O3.C9H16O4/c2*1-12(2)14-9-7-13(8-10-14)11-20-17(19)15-5-3-4-6-16(15)18;1-11-8-12(10-16(2,3)9-11)19-15(18)13-6-4-5-7-14(13)17;10-5-6-13-9(12)7-3-1-2-4-8(7)11/h12-16,18H,3-11H2,1-2H3;7-10,12,15-16,18H,3-6,11H2,1-2H3;11-14,17H,4-10H2,1-3H3;7-8,10-11H,1-6H2. The summed E-state index contributed by atoms with van der Waals surface area (Å²) in [7, 11) is 0. The lowest BCUT2D eigenvalue weighted by atomic mass is 9.71. The van der Waals surface area contributed by atoms with Crippen LogP contribution >= 0.6 is 0 Å². The summed E-state index contributed by atoms with van der Waals surface area (Å²) >= 11 is 0. The topological polar surface area (TPSA) is 206 Å². The summed E-state index contributed by atoms with van der Waals surface area (Å²) < 4.78 is 21.3. The molecule has 0 bridgehead atoms. The van der Waals surface area contributed by atoms with Crippen LogP contribution in [-0.2, 0) is 44.7 Å². The van der Waals surface area contributed by atoms with Gasteiger partial charge in [0, 0.05) is 0 Å². The Morgan fingerprint density at radius 3 is 1.42 bits per heavy atom. The zero-order valence-electron chi connectivity index (χ0n) is 45.5. The molecule has 6 aliphatic carbocycles. The second kappa shape index (κ2) is 31.7. The molecule has 0 radical (unpaired) electrons. The van der Waals surface area contributed by atoms with Gasteiger partial charge in [0.2, 0.25) is 0 Å². The zero-order valence-corrected chi connectivity index (χ0v) is 45.5. The van der Waals surface area contributed by atoms with Gasteiger partial charge >= 0.3 is 23.9 Å². The largest absolute Gasteiger partial charge is 0.465 e. The average Bonchev–Trinajstić information content (AvgIpc) is 3.35. The molecular formula is C59H98O13. The van der Waals surface area contributed by atoms with Crippen molar-refractivity contribution in [3.05, 3.63) is 35.4 Å². The third kappa shape index (κ3) is 21.3. The van der Waals surface area contributed by atoms with Crippen molar-refractivity contribution in [1.29, 1.82) is 0 Å². The van der Waals surface area contributed by atoms with Gasteiger partial charge < -0.3 is 44.5 Å². The Morgan fingerprint density at radius 1 is 0.569 bits per heavy atom. The Bertz CT molecular complexity index is 1720. The van der Waals surface area contributed by atoms with Gasteiger partial charge in [0.05, 0.1) is 61.3 Å². The molecule has 412 valence electrons. The van der Waals surface area contributed by atoms with E-state index < -0.39 is 24.4 Å². The van der Waals surface area contributed by atoms with Gasteiger partial charge in [0.25, 0.3) is 0 Å². The number of aliphatic hydroxyl groups excluding tert-OH is 5. The Hall–Kier alpha value is -3.10. The number of rotatable bonds is 13. The normalized spacial score (nSPS) is 31.4. The van der Waals surface area contributed by atoms with Crippen molar-refractivity contribution in [1.82, 2.24) is 0 Å². The predicted molar refractivity (Wildman–Crippen MR) is 278 cm³/mol. The molecule has 7 rings (SSSR count). The number of aliphatic hydroxyl groups is 5. The van der Waals surface area contributed by atoms with Crippen LogP contribution in [0.3, 0.4) is 0 Å². The highest BCUT2D eigenvalue weighted by atomic mass is 16.6. The summed E-state index contributed by atoms with van der Waals surface area (Å²) in [6.07, 6.45) is 20.0. The van der Waals surface area contributed by atoms with E-state index in [0.717, 1.165) is 114 Å². The number of benzene rings is 1. The fourth-order valence-corrected chi connectivity index (χ4v) is 12.0. The minimum absolute atomic E-state index is 0.0298. The van der Waals surface area contributed by atoms with E-state index in [4.69, 9.17) is 24.1 Å². The Balaban J connectivity index is 0.000000211. The van der Waals surface area contributed by atoms with Crippen molar-refractivity contribution in [3.8, 4) is 0 Å². The number of carbonyl (C=O) groups is 4. The van der Waals surface area contributed by atoms with Crippen LogP contribution in [0, 0.1) is 52.8 Å². The van der Waals surface area contributed by atoms with Gasteiger partial charge in [-0.3, -0.25) is 19.2 Å². The lowest BCUT2D eigenvalue weighted by molar-refractivity contribution is -0.164. The van der Waals surface area contributed by atoms with E-state index in [0.29, 0.717) is 50.2 Å². The van der Waals surface area contributed by atoms with Crippen molar-refractivity contribution < 1.29 is 63.7 Å². The minimum atomic E-state index is -0.556.